The van der Waals surface area contributed by atoms with Crippen LogP contribution < -0.4 is 11.1 Å². The predicted molar refractivity (Wildman–Crippen MR) is 62.8 cm³/mol. The minimum Gasteiger partial charge on any atom is -0.379 e. The maximum Gasteiger partial charge on any atom is 0.102 e. The lowest BCUT2D eigenvalue weighted by molar-refractivity contribution is 0.598. The molecule has 0 aliphatic carbocycles. The van der Waals surface area contributed by atoms with Gasteiger partial charge in [-0.3, -0.25) is 4.68 Å². The van der Waals surface area contributed by atoms with E-state index in [1.807, 2.05) is 36.5 Å². The number of nitrogens with one attached hydrogen (secondary N) is 1. The second-order valence-corrected chi connectivity index (χ2v) is 3.48. The van der Waals surface area contributed by atoms with Crippen molar-refractivity contribution in [2.75, 3.05) is 11.9 Å². The lowest BCUT2D eigenvalue weighted by Crippen LogP contribution is -2.10. The zero-order valence-electron chi connectivity index (χ0n) is 9.00. The normalized spacial score (nSPS) is 10.3. The number of anilines is 1. The van der Waals surface area contributed by atoms with Crippen molar-refractivity contribution in [3.63, 3.8) is 0 Å². The predicted octanol–water partition coefficient (Wildman–Crippen LogP) is 0.849. The molecular weight excluding hydrogens is 202 g/mol. The molecule has 0 fully saturated rings. The average molecular weight is 217 g/mol. The quantitative estimate of drug-likeness (QED) is 0.779. The number of rotatable bonds is 5. The van der Waals surface area contributed by atoms with Crippen molar-refractivity contribution in [1.82, 2.24) is 15.0 Å². The van der Waals surface area contributed by atoms with Gasteiger partial charge in [0.15, 0.2) is 0 Å². The number of hydrogen-bond donors (Lipinski definition) is 2. The van der Waals surface area contributed by atoms with Crippen molar-refractivity contribution in [3.8, 4) is 0 Å². The maximum atomic E-state index is 5.43. The van der Waals surface area contributed by atoms with Gasteiger partial charge >= 0.3 is 0 Å². The van der Waals surface area contributed by atoms with E-state index in [0.717, 1.165) is 11.4 Å². The Morgan fingerprint density at radius 3 is 2.81 bits per heavy atom. The Hall–Kier alpha value is -1.88. The lowest BCUT2D eigenvalue weighted by atomic mass is 10.3. The first-order valence-electron chi connectivity index (χ1n) is 5.26. The van der Waals surface area contributed by atoms with Crippen LogP contribution in [0.15, 0.2) is 36.5 Å². The molecule has 0 saturated carbocycles. The summed E-state index contributed by atoms with van der Waals surface area (Å²) in [6.07, 6.45) is 1.91. The molecule has 0 bridgehead atoms. The molecular formula is C11H15N5. The minimum atomic E-state index is 0.578. The highest BCUT2D eigenvalue weighted by Crippen LogP contribution is 2.06. The summed E-state index contributed by atoms with van der Waals surface area (Å²) in [5.41, 5.74) is 7.42. The van der Waals surface area contributed by atoms with Crippen LogP contribution in [0.4, 0.5) is 5.69 Å². The van der Waals surface area contributed by atoms with E-state index in [-0.39, 0.29) is 0 Å². The third kappa shape index (κ3) is 2.80. The van der Waals surface area contributed by atoms with Gasteiger partial charge in [-0.2, -0.15) is 0 Å². The fraction of sp³-hybridized carbons (Fsp3) is 0.273. The van der Waals surface area contributed by atoms with Crippen LogP contribution in [0.25, 0.3) is 0 Å². The Labute approximate surface area is 94.3 Å². The van der Waals surface area contributed by atoms with Gasteiger partial charge in [-0.1, -0.05) is 23.4 Å². The number of aromatic nitrogens is 3. The molecule has 5 nitrogen and oxygen atoms in total. The van der Waals surface area contributed by atoms with Crippen molar-refractivity contribution in [2.45, 2.75) is 13.1 Å². The molecule has 2 rings (SSSR count). The molecule has 84 valence electrons. The summed E-state index contributed by atoms with van der Waals surface area (Å²) >= 11 is 0. The molecule has 0 aliphatic rings. The van der Waals surface area contributed by atoms with Gasteiger partial charge in [0, 0.05) is 12.2 Å². The van der Waals surface area contributed by atoms with E-state index in [0.29, 0.717) is 19.6 Å². The topological polar surface area (TPSA) is 68.8 Å². The Morgan fingerprint density at radius 1 is 1.25 bits per heavy atom. The molecule has 0 amide bonds. The van der Waals surface area contributed by atoms with Gasteiger partial charge in [0.05, 0.1) is 19.3 Å². The number of benzene rings is 1. The van der Waals surface area contributed by atoms with Crippen molar-refractivity contribution >= 4 is 5.69 Å². The van der Waals surface area contributed by atoms with Crippen molar-refractivity contribution in [1.29, 1.82) is 0 Å². The molecule has 2 aromatic rings. The molecule has 16 heavy (non-hydrogen) atoms. The van der Waals surface area contributed by atoms with E-state index in [4.69, 9.17) is 5.73 Å². The fourth-order valence-electron chi connectivity index (χ4n) is 1.41. The zero-order chi connectivity index (χ0) is 11.2. The molecule has 0 unspecified atom stereocenters. The number of nitrogens with zero attached hydrogens (tertiary/aromatic N) is 3. The first-order chi connectivity index (χ1) is 7.88. The van der Waals surface area contributed by atoms with Gasteiger partial charge in [0.25, 0.3) is 0 Å². The third-order valence-electron chi connectivity index (χ3n) is 2.19. The van der Waals surface area contributed by atoms with Crippen molar-refractivity contribution < 1.29 is 0 Å². The Balaban J connectivity index is 1.89. The summed E-state index contributed by atoms with van der Waals surface area (Å²) in [7, 11) is 0. The summed E-state index contributed by atoms with van der Waals surface area (Å²) < 4.78 is 1.75. The monoisotopic (exact) mass is 217 g/mol. The largest absolute Gasteiger partial charge is 0.379 e. The molecule has 3 N–H and O–H groups in total. The molecule has 1 aromatic carbocycles. The molecule has 0 aliphatic heterocycles. The SMILES string of the molecule is NCCn1cc(CNc2ccccc2)nn1. The standard InChI is InChI=1S/C11H15N5/c12-6-7-16-9-11(14-15-16)8-13-10-4-2-1-3-5-10/h1-5,9,13H,6-8,12H2. The summed E-state index contributed by atoms with van der Waals surface area (Å²) in [6.45, 7) is 1.96. The van der Waals surface area contributed by atoms with Gasteiger partial charge in [-0.25, -0.2) is 0 Å². The highest BCUT2D eigenvalue weighted by atomic mass is 15.4. The summed E-state index contributed by atoms with van der Waals surface area (Å²) in [4.78, 5) is 0. The van der Waals surface area contributed by atoms with E-state index < -0.39 is 0 Å². The Morgan fingerprint density at radius 2 is 2.06 bits per heavy atom. The Bertz CT molecular complexity index is 423. The maximum absolute atomic E-state index is 5.43. The smallest absolute Gasteiger partial charge is 0.102 e. The number of para-hydroxylation sites is 1. The summed E-state index contributed by atoms with van der Waals surface area (Å²) in [5, 5.41) is 11.3. The van der Waals surface area contributed by atoms with Crippen LogP contribution in [0, 0.1) is 0 Å². The first kappa shape index (κ1) is 10.6. The lowest BCUT2D eigenvalue weighted by Gasteiger charge is -2.02. The van der Waals surface area contributed by atoms with Crippen molar-refractivity contribution in [2.24, 2.45) is 5.73 Å². The van der Waals surface area contributed by atoms with Gasteiger partial charge in [-0.05, 0) is 12.1 Å². The molecule has 0 spiro atoms. The van der Waals surface area contributed by atoms with E-state index >= 15 is 0 Å². The highest BCUT2D eigenvalue weighted by Gasteiger charge is 1.99. The third-order valence-corrected chi connectivity index (χ3v) is 2.19. The van der Waals surface area contributed by atoms with Gasteiger partial charge in [-0.15, -0.1) is 5.10 Å². The van der Waals surface area contributed by atoms with Gasteiger partial charge in [0.1, 0.15) is 5.69 Å². The molecule has 1 aromatic heterocycles. The summed E-state index contributed by atoms with van der Waals surface area (Å²) in [6, 6.07) is 10.0. The molecule has 0 radical (unpaired) electrons. The highest BCUT2D eigenvalue weighted by molar-refractivity contribution is 5.42. The molecule has 5 heteroatoms. The van der Waals surface area contributed by atoms with Gasteiger partial charge in [0.2, 0.25) is 0 Å². The molecule has 0 atom stereocenters. The number of nitrogens with two attached hydrogens (primary N) is 1. The molecule has 1 heterocycles. The Kier molecular flexibility index (Phi) is 3.50. The summed E-state index contributed by atoms with van der Waals surface area (Å²) in [5.74, 6) is 0. The second kappa shape index (κ2) is 5.27. The average Bonchev–Trinajstić information content (AvgIpc) is 2.76. The molecule has 0 saturated heterocycles. The minimum absolute atomic E-state index is 0.578. The van der Waals surface area contributed by atoms with Crippen LogP contribution in [0.3, 0.4) is 0 Å². The van der Waals surface area contributed by atoms with E-state index in [2.05, 4.69) is 15.6 Å². The van der Waals surface area contributed by atoms with E-state index in [1.165, 1.54) is 0 Å². The zero-order valence-corrected chi connectivity index (χ0v) is 9.00. The van der Waals surface area contributed by atoms with Crippen LogP contribution in [-0.2, 0) is 13.1 Å². The van der Waals surface area contributed by atoms with Crippen LogP contribution in [0.5, 0.6) is 0 Å². The van der Waals surface area contributed by atoms with E-state index in [1.54, 1.807) is 4.68 Å². The van der Waals surface area contributed by atoms with Crippen molar-refractivity contribution in [3.05, 3.63) is 42.2 Å². The first-order valence-corrected chi connectivity index (χ1v) is 5.26. The van der Waals surface area contributed by atoms with Crippen LogP contribution in [0.1, 0.15) is 5.69 Å². The second-order valence-electron chi connectivity index (χ2n) is 3.48. The van der Waals surface area contributed by atoms with Crippen LogP contribution in [-0.4, -0.2) is 21.5 Å². The fourth-order valence-corrected chi connectivity index (χ4v) is 1.41. The van der Waals surface area contributed by atoms with Crippen LogP contribution in [0.2, 0.25) is 0 Å². The number of hydrogen-bond acceptors (Lipinski definition) is 4. The van der Waals surface area contributed by atoms with E-state index in [9.17, 15) is 0 Å². The van der Waals surface area contributed by atoms with Gasteiger partial charge < -0.3 is 11.1 Å². The van der Waals surface area contributed by atoms with Crippen LogP contribution >= 0.6 is 0 Å².